The third kappa shape index (κ3) is 2.68. The third-order valence-corrected chi connectivity index (χ3v) is 3.41. The second-order valence-electron chi connectivity index (χ2n) is 4.93. The minimum Gasteiger partial charge on any atom is -0.386 e. The molecular weight excluding hydrogens is 230 g/mol. The lowest BCUT2D eigenvalue weighted by Crippen LogP contribution is -2.46. The van der Waals surface area contributed by atoms with Gasteiger partial charge in [-0.25, -0.2) is 0 Å². The van der Waals surface area contributed by atoms with Crippen molar-refractivity contribution in [1.82, 2.24) is 9.88 Å². The molecule has 1 aromatic heterocycles. The highest BCUT2D eigenvalue weighted by Crippen LogP contribution is 2.20. The summed E-state index contributed by atoms with van der Waals surface area (Å²) < 4.78 is 0. The fraction of sp³-hybridized carbons (Fsp3) is 0.538. The number of carbonyl (C=O) groups is 1. The Labute approximate surface area is 107 Å². The van der Waals surface area contributed by atoms with Gasteiger partial charge < -0.3 is 15.7 Å². The van der Waals surface area contributed by atoms with E-state index in [0.29, 0.717) is 11.5 Å². The number of aliphatic hydroxyl groups is 1. The number of carbonyl (C=O) groups excluding carboxylic acids is 1. The van der Waals surface area contributed by atoms with Crippen molar-refractivity contribution in [2.75, 3.05) is 13.1 Å². The smallest absolute Gasteiger partial charge is 0.242 e. The Morgan fingerprint density at radius 3 is 2.78 bits per heavy atom. The first kappa shape index (κ1) is 13.0. The van der Waals surface area contributed by atoms with Gasteiger partial charge in [-0.3, -0.25) is 9.78 Å². The van der Waals surface area contributed by atoms with Gasteiger partial charge in [-0.2, -0.15) is 0 Å². The van der Waals surface area contributed by atoms with Crippen molar-refractivity contribution in [2.24, 2.45) is 11.7 Å². The molecule has 1 fully saturated rings. The van der Waals surface area contributed by atoms with Crippen LogP contribution in [0, 0.1) is 5.92 Å². The Morgan fingerprint density at radius 1 is 1.56 bits per heavy atom. The highest BCUT2D eigenvalue weighted by Gasteiger charge is 2.31. The number of nitrogens with two attached hydrogens (primary N) is 1. The van der Waals surface area contributed by atoms with Gasteiger partial charge in [-0.15, -0.1) is 0 Å². The number of aliphatic hydroxyl groups excluding tert-OH is 1. The van der Waals surface area contributed by atoms with Gasteiger partial charge in [-0.05, 0) is 30.0 Å². The Kier molecular flexibility index (Phi) is 3.93. The summed E-state index contributed by atoms with van der Waals surface area (Å²) in [7, 11) is 0. The lowest BCUT2D eigenvalue weighted by Gasteiger charge is -2.24. The number of nitrogens with zero attached hydrogens (tertiary/aromatic N) is 2. The predicted molar refractivity (Wildman–Crippen MR) is 67.5 cm³/mol. The molecule has 2 heterocycles. The Bertz CT molecular complexity index is 410. The van der Waals surface area contributed by atoms with Crippen molar-refractivity contribution >= 4 is 5.91 Å². The number of rotatable bonds is 3. The SMILES string of the molecule is C[C@H]1CCN(C(=O)[C@@H](N)[C@H](O)c2ccncc2)C1. The molecule has 1 aliphatic heterocycles. The maximum Gasteiger partial charge on any atom is 0.242 e. The molecule has 98 valence electrons. The van der Waals surface area contributed by atoms with Crippen molar-refractivity contribution in [3.8, 4) is 0 Å². The van der Waals surface area contributed by atoms with E-state index >= 15 is 0 Å². The minimum absolute atomic E-state index is 0.177. The van der Waals surface area contributed by atoms with Crippen molar-refractivity contribution < 1.29 is 9.90 Å². The summed E-state index contributed by atoms with van der Waals surface area (Å²) in [6.07, 6.45) is 3.18. The number of aromatic nitrogens is 1. The normalized spacial score (nSPS) is 22.8. The highest BCUT2D eigenvalue weighted by molar-refractivity contribution is 5.82. The molecular formula is C13H19N3O2. The second-order valence-corrected chi connectivity index (χ2v) is 4.93. The maximum absolute atomic E-state index is 12.1. The molecule has 0 radical (unpaired) electrons. The summed E-state index contributed by atoms with van der Waals surface area (Å²) >= 11 is 0. The van der Waals surface area contributed by atoms with Crippen LogP contribution in [-0.2, 0) is 4.79 Å². The lowest BCUT2D eigenvalue weighted by molar-refractivity contribution is -0.134. The fourth-order valence-corrected chi connectivity index (χ4v) is 2.25. The summed E-state index contributed by atoms with van der Waals surface area (Å²) in [5.74, 6) is 0.336. The molecule has 3 atom stereocenters. The Balaban J connectivity index is 2.02. The van der Waals surface area contributed by atoms with Crippen LogP contribution in [0.25, 0.3) is 0 Å². The first-order chi connectivity index (χ1) is 8.59. The van der Waals surface area contributed by atoms with Gasteiger partial charge in [0.05, 0.1) is 0 Å². The van der Waals surface area contributed by atoms with E-state index in [1.807, 2.05) is 0 Å². The zero-order valence-corrected chi connectivity index (χ0v) is 10.5. The average Bonchev–Trinajstić information content (AvgIpc) is 2.84. The molecule has 1 amide bonds. The molecule has 18 heavy (non-hydrogen) atoms. The van der Waals surface area contributed by atoms with Crippen LogP contribution in [0.2, 0.25) is 0 Å². The summed E-state index contributed by atoms with van der Waals surface area (Å²) in [4.78, 5) is 17.7. The van der Waals surface area contributed by atoms with Crippen LogP contribution < -0.4 is 5.73 Å². The Morgan fingerprint density at radius 2 is 2.22 bits per heavy atom. The van der Waals surface area contributed by atoms with Crippen molar-refractivity contribution in [2.45, 2.75) is 25.5 Å². The summed E-state index contributed by atoms with van der Waals surface area (Å²) in [5.41, 5.74) is 6.48. The zero-order valence-electron chi connectivity index (χ0n) is 10.5. The van der Waals surface area contributed by atoms with Crippen LogP contribution in [0.5, 0.6) is 0 Å². The van der Waals surface area contributed by atoms with Gasteiger partial charge in [-0.1, -0.05) is 6.92 Å². The summed E-state index contributed by atoms with van der Waals surface area (Å²) in [6, 6.07) is 2.44. The average molecular weight is 249 g/mol. The fourth-order valence-electron chi connectivity index (χ4n) is 2.25. The molecule has 5 heteroatoms. The van der Waals surface area contributed by atoms with Crippen molar-refractivity contribution in [3.05, 3.63) is 30.1 Å². The zero-order chi connectivity index (χ0) is 13.1. The van der Waals surface area contributed by atoms with E-state index in [-0.39, 0.29) is 5.91 Å². The van der Waals surface area contributed by atoms with Crippen molar-refractivity contribution in [1.29, 1.82) is 0 Å². The van der Waals surface area contributed by atoms with E-state index < -0.39 is 12.1 Å². The molecule has 0 bridgehead atoms. The van der Waals surface area contributed by atoms with Gasteiger partial charge in [0.25, 0.3) is 0 Å². The predicted octanol–water partition coefficient (Wildman–Crippen LogP) is 0.311. The number of hydrogen-bond donors (Lipinski definition) is 2. The lowest BCUT2D eigenvalue weighted by atomic mass is 10.0. The minimum atomic E-state index is -0.976. The molecule has 5 nitrogen and oxygen atoms in total. The number of amides is 1. The molecule has 1 aliphatic rings. The van der Waals surface area contributed by atoms with Crippen LogP contribution in [0.1, 0.15) is 25.0 Å². The monoisotopic (exact) mass is 249 g/mol. The Hall–Kier alpha value is -1.46. The topological polar surface area (TPSA) is 79.5 Å². The summed E-state index contributed by atoms with van der Waals surface area (Å²) in [6.45, 7) is 3.57. The molecule has 0 spiro atoms. The largest absolute Gasteiger partial charge is 0.386 e. The molecule has 0 unspecified atom stereocenters. The van der Waals surface area contributed by atoms with E-state index in [4.69, 9.17) is 5.73 Å². The molecule has 3 N–H and O–H groups in total. The van der Waals surface area contributed by atoms with Crippen LogP contribution in [0.15, 0.2) is 24.5 Å². The third-order valence-electron chi connectivity index (χ3n) is 3.41. The standard InChI is InChI=1S/C13H19N3O2/c1-9-4-7-16(8-9)13(18)11(14)12(17)10-2-5-15-6-3-10/h2-3,5-6,9,11-12,17H,4,7-8,14H2,1H3/t9-,11-,12+/m0/s1. The van der Waals surface area contributed by atoms with Gasteiger partial charge >= 0.3 is 0 Å². The molecule has 0 aliphatic carbocycles. The number of pyridine rings is 1. The van der Waals surface area contributed by atoms with E-state index in [2.05, 4.69) is 11.9 Å². The van der Waals surface area contributed by atoms with Crippen LogP contribution in [-0.4, -0.2) is 40.0 Å². The highest BCUT2D eigenvalue weighted by atomic mass is 16.3. The molecule has 0 aromatic carbocycles. The number of likely N-dealkylation sites (tertiary alicyclic amines) is 1. The number of hydrogen-bond acceptors (Lipinski definition) is 4. The molecule has 1 aromatic rings. The van der Waals surface area contributed by atoms with Crippen molar-refractivity contribution in [3.63, 3.8) is 0 Å². The van der Waals surface area contributed by atoms with Crippen LogP contribution in [0.4, 0.5) is 0 Å². The molecule has 2 rings (SSSR count). The van der Waals surface area contributed by atoms with Gasteiger partial charge in [0, 0.05) is 25.5 Å². The van der Waals surface area contributed by atoms with E-state index in [9.17, 15) is 9.90 Å². The quantitative estimate of drug-likeness (QED) is 0.808. The van der Waals surface area contributed by atoms with Gasteiger partial charge in [0.2, 0.25) is 5.91 Å². The first-order valence-electron chi connectivity index (χ1n) is 6.22. The molecule has 1 saturated heterocycles. The van der Waals surface area contributed by atoms with Crippen LogP contribution in [0.3, 0.4) is 0 Å². The second kappa shape index (κ2) is 5.46. The maximum atomic E-state index is 12.1. The van der Waals surface area contributed by atoms with E-state index in [1.165, 1.54) is 0 Å². The van der Waals surface area contributed by atoms with E-state index in [1.54, 1.807) is 29.4 Å². The van der Waals surface area contributed by atoms with E-state index in [0.717, 1.165) is 19.5 Å². The summed E-state index contributed by atoms with van der Waals surface area (Å²) in [5, 5.41) is 10.1. The first-order valence-corrected chi connectivity index (χ1v) is 6.22. The molecule has 0 saturated carbocycles. The van der Waals surface area contributed by atoms with Gasteiger partial charge in [0.1, 0.15) is 12.1 Å². The van der Waals surface area contributed by atoms with Crippen LogP contribution >= 0.6 is 0 Å². The van der Waals surface area contributed by atoms with Gasteiger partial charge in [0.15, 0.2) is 0 Å².